The molecule has 0 saturated carbocycles. The topological polar surface area (TPSA) is 39.9 Å². The first-order valence-electron chi connectivity index (χ1n) is 9.95. The lowest BCUT2D eigenvalue weighted by Crippen LogP contribution is -2.32. The summed E-state index contributed by atoms with van der Waals surface area (Å²) in [5.41, 5.74) is 2.86. The van der Waals surface area contributed by atoms with Crippen LogP contribution in [0.15, 0.2) is 60.8 Å². The van der Waals surface area contributed by atoms with Crippen LogP contribution in [0.5, 0.6) is 5.75 Å². The van der Waals surface area contributed by atoms with E-state index in [1.807, 2.05) is 48.5 Å². The molecule has 1 unspecified atom stereocenters. The Hall–Kier alpha value is -2.23. The van der Waals surface area contributed by atoms with E-state index in [-0.39, 0.29) is 5.16 Å². The second kappa shape index (κ2) is 7.55. The van der Waals surface area contributed by atoms with Crippen molar-refractivity contribution in [1.29, 1.82) is 0 Å². The van der Waals surface area contributed by atoms with Gasteiger partial charge >= 0.3 is 0 Å². The summed E-state index contributed by atoms with van der Waals surface area (Å²) >= 11 is 6.43. The largest absolute Gasteiger partial charge is 0.458 e. The molecule has 0 N–H and O–H groups in total. The van der Waals surface area contributed by atoms with Crippen LogP contribution in [0.1, 0.15) is 34.1 Å². The van der Waals surface area contributed by atoms with Crippen molar-refractivity contribution in [2.75, 3.05) is 0 Å². The van der Waals surface area contributed by atoms with Gasteiger partial charge in [-0.3, -0.25) is 9.67 Å². The van der Waals surface area contributed by atoms with Crippen LogP contribution in [0.2, 0.25) is 0 Å². The molecule has 0 amide bonds. The molecule has 2 heterocycles. The molecule has 2 aromatic heterocycles. The summed E-state index contributed by atoms with van der Waals surface area (Å²) in [6.07, 6.45) is 0.228. The van der Waals surface area contributed by atoms with Gasteiger partial charge in [0.05, 0.1) is 5.52 Å². The summed E-state index contributed by atoms with van der Waals surface area (Å²) in [6, 6.07) is 18.2. The summed E-state index contributed by atoms with van der Waals surface area (Å²) in [5.74, 6) is 0.745. The highest BCUT2D eigenvalue weighted by Gasteiger charge is 2.41. The summed E-state index contributed by atoms with van der Waals surface area (Å²) in [5, 5.41) is 6.75. The maximum absolute atomic E-state index is 6.82. The molecule has 4 nitrogen and oxygen atoms in total. The molecule has 29 heavy (non-hydrogen) atoms. The quantitative estimate of drug-likeness (QED) is 0.375. The predicted octanol–water partition coefficient (Wildman–Crippen LogP) is 5.89. The number of nitrogens with zero attached hydrogens (tertiary/aromatic N) is 3. The zero-order valence-corrected chi connectivity index (χ0v) is 19.0. The van der Waals surface area contributed by atoms with Gasteiger partial charge in [0.2, 0.25) is 0 Å². The molecule has 0 aliphatic rings. The van der Waals surface area contributed by atoms with Crippen molar-refractivity contribution in [3.8, 4) is 5.75 Å². The van der Waals surface area contributed by atoms with Gasteiger partial charge in [-0.25, -0.2) is 0 Å². The third-order valence-corrected chi connectivity index (χ3v) is 10.7. The van der Waals surface area contributed by atoms with E-state index >= 15 is 0 Å². The monoisotopic (exact) mass is 423 g/mol. The van der Waals surface area contributed by atoms with Crippen LogP contribution in [-0.2, 0) is 18.4 Å². The smallest absolute Gasteiger partial charge is 0.166 e. The van der Waals surface area contributed by atoms with Crippen LogP contribution >= 0.6 is 6.26 Å². The standard InChI is InChI=1S/C23H26N3OPS/c1-5-16-26-22(18-12-6-7-13-19(18)25-26)28(29,23(2,3)4)27-20-14-8-10-17-11-9-15-24-21(17)20/h6-15H,5,16H2,1-4H3. The third kappa shape index (κ3) is 3.47. The molecule has 0 saturated heterocycles. The lowest BCUT2D eigenvalue weighted by Gasteiger charge is -2.35. The molecule has 0 fully saturated rings. The van der Waals surface area contributed by atoms with Gasteiger partial charge in [-0.05, 0) is 36.4 Å². The zero-order valence-electron chi connectivity index (χ0n) is 17.3. The maximum atomic E-state index is 6.82. The SMILES string of the molecule is CCCn1nc2ccccc2c1P(=S)(Oc1cccc2cccnc12)C(C)(C)C. The number of pyridine rings is 1. The number of aryl methyl sites for hydroxylation is 1. The fraction of sp³-hybridized carbons (Fsp3) is 0.304. The van der Waals surface area contributed by atoms with Crippen molar-refractivity contribution < 1.29 is 4.52 Å². The number of hydrogen-bond donors (Lipinski definition) is 0. The molecule has 1 atom stereocenters. The number of aromatic nitrogens is 3. The van der Waals surface area contributed by atoms with Gasteiger partial charge in [0, 0.05) is 28.7 Å². The number of para-hydroxylation sites is 1. The van der Waals surface area contributed by atoms with Gasteiger partial charge < -0.3 is 4.52 Å². The van der Waals surface area contributed by atoms with Crippen molar-refractivity contribution in [2.45, 2.75) is 45.8 Å². The molecule has 0 aliphatic carbocycles. The first-order chi connectivity index (χ1) is 13.8. The first kappa shape index (κ1) is 20.1. The van der Waals surface area contributed by atoms with Crippen LogP contribution in [0.4, 0.5) is 0 Å². The van der Waals surface area contributed by atoms with Gasteiger partial charge in [0.25, 0.3) is 0 Å². The summed E-state index contributed by atoms with van der Waals surface area (Å²) < 4.78 is 8.90. The average Bonchev–Trinajstić information content (AvgIpc) is 3.06. The Morgan fingerprint density at radius 1 is 1.03 bits per heavy atom. The van der Waals surface area contributed by atoms with Crippen LogP contribution in [-0.4, -0.2) is 19.9 Å². The third-order valence-electron chi connectivity index (χ3n) is 5.04. The minimum Gasteiger partial charge on any atom is -0.458 e. The lowest BCUT2D eigenvalue weighted by molar-refractivity contribution is 0.571. The molecule has 4 aromatic rings. The minimum atomic E-state index is -2.55. The molecular weight excluding hydrogens is 397 g/mol. The zero-order chi connectivity index (χ0) is 20.6. The predicted molar refractivity (Wildman–Crippen MR) is 126 cm³/mol. The second-order valence-electron chi connectivity index (χ2n) is 8.21. The molecule has 150 valence electrons. The number of rotatable bonds is 5. The molecule has 0 radical (unpaired) electrons. The highest BCUT2D eigenvalue weighted by atomic mass is 32.4. The number of fused-ring (bicyclic) bond motifs is 2. The summed E-state index contributed by atoms with van der Waals surface area (Å²) in [7, 11) is 0. The average molecular weight is 424 g/mol. The molecule has 0 bridgehead atoms. The number of benzene rings is 2. The Labute approximate surface area is 177 Å². The van der Waals surface area contributed by atoms with Crippen LogP contribution in [0.25, 0.3) is 21.8 Å². The highest BCUT2D eigenvalue weighted by molar-refractivity contribution is 8.16. The normalized spacial score (nSPS) is 14.2. The van der Waals surface area contributed by atoms with Crippen LogP contribution in [0.3, 0.4) is 0 Å². The molecule has 2 aromatic carbocycles. The van der Waals surface area contributed by atoms with E-state index in [0.29, 0.717) is 0 Å². The Morgan fingerprint density at radius 3 is 2.55 bits per heavy atom. The van der Waals surface area contributed by atoms with E-state index in [4.69, 9.17) is 21.4 Å². The Balaban J connectivity index is 1.97. The van der Waals surface area contributed by atoms with Crippen LogP contribution < -0.4 is 9.96 Å². The van der Waals surface area contributed by atoms with Gasteiger partial charge in [0.1, 0.15) is 11.0 Å². The van der Waals surface area contributed by atoms with E-state index in [1.54, 1.807) is 6.20 Å². The molecule has 0 spiro atoms. The van der Waals surface area contributed by atoms with Crippen LogP contribution in [0, 0.1) is 0 Å². The molecule has 0 aliphatic heterocycles. The van der Waals surface area contributed by atoms with E-state index in [0.717, 1.165) is 46.0 Å². The van der Waals surface area contributed by atoms with E-state index in [1.165, 1.54) is 0 Å². The van der Waals surface area contributed by atoms with Crippen molar-refractivity contribution in [3.63, 3.8) is 0 Å². The van der Waals surface area contributed by atoms with Crippen molar-refractivity contribution in [3.05, 3.63) is 60.8 Å². The molecule has 4 rings (SSSR count). The lowest BCUT2D eigenvalue weighted by atomic mass is 10.2. The Bertz CT molecular complexity index is 1220. The van der Waals surface area contributed by atoms with E-state index < -0.39 is 6.26 Å². The van der Waals surface area contributed by atoms with Gasteiger partial charge in [-0.1, -0.05) is 64.1 Å². The fourth-order valence-corrected chi connectivity index (χ4v) is 6.72. The van der Waals surface area contributed by atoms with Gasteiger partial charge in [0.15, 0.2) is 12.0 Å². The minimum absolute atomic E-state index is 0.256. The highest BCUT2D eigenvalue weighted by Crippen LogP contribution is 2.59. The number of hydrogen-bond acceptors (Lipinski definition) is 4. The van der Waals surface area contributed by atoms with E-state index in [2.05, 4.69) is 43.4 Å². The van der Waals surface area contributed by atoms with Crippen molar-refractivity contribution >= 4 is 45.3 Å². The Morgan fingerprint density at radius 2 is 1.79 bits per heavy atom. The Kier molecular flexibility index (Phi) is 5.22. The maximum Gasteiger partial charge on any atom is 0.166 e. The first-order valence-corrected chi connectivity index (χ1v) is 12.7. The van der Waals surface area contributed by atoms with Gasteiger partial charge in [-0.15, -0.1) is 0 Å². The van der Waals surface area contributed by atoms with Crippen molar-refractivity contribution in [1.82, 2.24) is 14.8 Å². The van der Waals surface area contributed by atoms with Gasteiger partial charge in [-0.2, -0.15) is 5.10 Å². The summed E-state index contributed by atoms with van der Waals surface area (Å²) in [4.78, 5) is 4.57. The molecular formula is C23H26N3OPS. The summed E-state index contributed by atoms with van der Waals surface area (Å²) in [6.45, 7) is 9.49. The van der Waals surface area contributed by atoms with Crippen molar-refractivity contribution in [2.24, 2.45) is 0 Å². The second-order valence-corrected chi connectivity index (χ2v) is 12.8. The van der Waals surface area contributed by atoms with E-state index in [9.17, 15) is 0 Å². The fourth-order valence-electron chi connectivity index (χ4n) is 3.53. The molecule has 6 heteroatoms.